The minimum absolute atomic E-state index is 0.107. The normalized spacial score (nSPS) is 8.89. The van der Waals surface area contributed by atoms with Crippen LogP contribution in [0.5, 0.6) is 0 Å². The number of nitrogens with one attached hydrogen (secondary N) is 1. The van der Waals surface area contributed by atoms with Gasteiger partial charge in [0.25, 0.3) is 5.69 Å². The Balaban J connectivity index is 3.14. The number of benzene rings is 1. The molecule has 9 heteroatoms. The van der Waals surface area contributed by atoms with Crippen LogP contribution in [0.2, 0.25) is 0 Å². The van der Waals surface area contributed by atoms with E-state index in [9.17, 15) is 10.1 Å². The van der Waals surface area contributed by atoms with Gasteiger partial charge in [-0.3, -0.25) is 15.5 Å². The molecule has 0 fully saturated rings. The Morgan fingerprint density at radius 1 is 1.33 bits per heavy atom. The molecule has 0 radical (unpaired) electrons. The summed E-state index contributed by atoms with van der Waals surface area (Å²) in [6.07, 6.45) is 0. The van der Waals surface area contributed by atoms with Crippen molar-refractivity contribution in [2.45, 2.75) is 0 Å². The highest BCUT2D eigenvalue weighted by atomic mass is 79.9. The van der Waals surface area contributed by atoms with Gasteiger partial charge in [-0.25, -0.2) is 0 Å². The molecule has 0 amide bonds. The van der Waals surface area contributed by atoms with Gasteiger partial charge in [0.15, 0.2) is 0 Å². The Labute approximate surface area is 118 Å². The molecule has 0 aliphatic rings. The van der Waals surface area contributed by atoms with E-state index in [-0.39, 0.29) is 11.4 Å². The highest BCUT2D eigenvalue weighted by molar-refractivity contribution is 9.11. The average molecular weight is 373 g/mol. The van der Waals surface area contributed by atoms with Crippen LogP contribution in [0.1, 0.15) is 0 Å². The summed E-state index contributed by atoms with van der Waals surface area (Å²) in [6, 6.07) is 5.71. The Bertz CT molecular complexity index is 575. The lowest BCUT2D eigenvalue weighted by atomic mass is 10.3. The number of nitriles is 2. The quantitative estimate of drug-likeness (QED) is 0.497. The maximum atomic E-state index is 10.6. The molecule has 0 aromatic heterocycles. The summed E-state index contributed by atoms with van der Waals surface area (Å²) in [7, 11) is 0. The van der Waals surface area contributed by atoms with E-state index in [1.165, 1.54) is 12.1 Å². The van der Waals surface area contributed by atoms with Crippen LogP contribution in [0.3, 0.4) is 0 Å². The number of nitro benzene ring substituents is 1. The van der Waals surface area contributed by atoms with Gasteiger partial charge >= 0.3 is 0 Å². The number of nitro groups is 1. The predicted octanol–water partition coefficient (Wildman–Crippen LogP) is 2.93. The maximum Gasteiger partial charge on any atom is 0.271 e. The van der Waals surface area contributed by atoms with E-state index in [1.807, 2.05) is 0 Å². The summed E-state index contributed by atoms with van der Waals surface area (Å²) in [5.41, 5.74) is 2.39. The van der Waals surface area contributed by atoms with Crippen molar-refractivity contribution in [1.29, 1.82) is 10.5 Å². The largest absolute Gasteiger partial charge is 0.274 e. The van der Waals surface area contributed by atoms with Crippen molar-refractivity contribution in [2.75, 3.05) is 5.43 Å². The van der Waals surface area contributed by atoms with Crippen LogP contribution in [0.25, 0.3) is 0 Å². The number of anilines is 1. The fourth-order valence-electron chi connectivity index (χ4n) is 0.959. The molecule has 0 bridgehead atoms. The smallest absolute Gasteiger partial charge is 0.271 e. The number of hydrogen-bond donors (Lipinski definition) is 1. The van der Waals surface area contributed by atoms with E-state index in [2.05, 4.69) is 42.4 Å². The number of hydrogen-bond acceptors (Lipinski definition) is 6. The van der Waals surface area contributed by atoms with Crippen LogP contribution >= 0.6 is 31.9 Å². The summed E-state index contributed by atoms with van der Waals surface area (Å²) in [4.78, 5) is 10.1. The molecule has 0 unspecified atom stereocenters. The second kappa shape index (κ2) is 6.10. The van der Waals surface area contributed by atoms with E-state index in [4.69, 9.17) is 10.5 Å². The summed E-state index contributed by atoms with van der Waals surface area (Å²) in [5, 5.41) is 31.2. The molecule has 0 aliphatic heterocycles. The first-order chi connectivity index (χ1) is 8.49. The maximum absolute atomic E-state index is 10.6. The standard InChI is InChI=1S/C9H3Br2N5O2/c10-7-1-6(16(17)18)2-8(11)9(7)15-14-5(3-12)4-13/h1-2,15H. The number of hydrazone groups is 1. The van der Waals surface area contributed by atoms with Crippen molar-refractivity contribution in [3.8, 4) is 12.1 Å². The lowest BCUT2D eigenvalue weighted by molar-refractivity contribution is -0.385. The van der Waals surface area contributed by atoms with Crippen LogP contribution in [-0.4, -0.2) is 10.6 Å². The molecule has 1 rings (SSSR count). The Morgan fingerprint density at radius 2 is 1.83 bits per heavy atom. The van der Waals surface area contributed by atoms with Crippen molar-refractivity contribution in [2.24, 2.45) is 5.10 Å². The van der Waals surface area contributed by atoms with E-state index >= 15 is 0 Å². The third kappa shape index (κ3) is 3.26. The van der Waals surface area contributed by atoms with Gasteiger partial charge in [0.05, 0.1) is 19.6 Å². The van der Waals surface area contributed by atoms with Gasteiger partial charge in [0.2, 0.25) is 5.71 Å². The van der Waals surface area contributed by atoms with Gasteiger partial charge < -0.3 is 0 Å². The third-order valence-electron chi connectivity index (χ3n) is 1.73. The second-order valence-corrected chi connectivity index (χ2v) is 4.55. The van der Waals surface area contributed by atoms with Gasteiger partial charge in [-0.2, -0.15) is 15.6 Å². The molecule has 0 atom stereocenters. The van der Waals surface area contributed by atoms with Crippen molar-refractivity contribution < 1.29 is 4.92 Å². The molecule has 7 nitrogen and oxygen atoms in total. The van der Waals surface area contributed by atoms with E-state index in [0.717, 1.165) is 0 Å². The summed E-state index contributed by atoms with van der Waals surface area (Å²) in [5.74, 6) is 0. The molecule has 0 saturated heterocycles. The molecule has 0 aliphatic carbocycles. The van der Waals surface area contributed by atoms with Gasteiger partial charge in [-0.15, -0.1) is 0 Å². The monoisotopic (exact) mass is 371 g/mol. The topological polar surface area (TPSA) is 115 Å². The zero-order valence-electron chi connectivity index (χ0n) is 8.52. The number of rotatable bonds is 3. The van der Waals surface area contributed by atoms with E-state index in [0.29, 0.717) is 14.6 Å². The molecule has 18 heavy (non-hydrogen) atoms. The minimum atomic E-state index is -0.543. The summed E-state index contributed by atoms with van der Waals surface area (Å²) < 4.78 is 0.755. The molecule has 90 valence electrons. The first-order valence-corrected chi connectivity index (χ1v) is 5.85. The average Bonchev–Trinajstić information content (AvgIpc) is 2.32. The van der Waals surface area contributed by atoms with Gasteiger partial charge in [-0.05, 0) is 31.9 Å². The Kier molecular flexibility index (Phi) is 4.77. The number of nitrogens with zero attached hydrogens (tertiary/aromatic N) is 4. The van der Waals surface area contributed by atoms with Crippen LogP contribution in [0, 0.1) is 32.8 Å². The van der Waals surface area contributed by atoms with E-state index in [1.54, 1.807) is 12.1 Å². The molecular formula is C9H3Br2N5O2. The van der Waals surface area contributed by atoms with Crippen molar-refractivity contribution >= 4 is 48.9 Å². The highest BCUT2D eigenvalue weighted by Gasteiger charge is 2.13. The Morgan fingerprint density at radius 3 is 2.22 bits per heavy atom. The molecule has 0 heterocycles. The van der Waals surface area contributed by atoms with Gasteiger partial charge in [-0.1, -0.05) is 0 Å². The molecule has 1 aromatic rings. The van der Waals surface area contributed by atoms with Crippen LogP contribution < -0.4 is 5.43 Å². The first-order valence-electron chi connectivity index (χ1n) is 4.27. The van der Waals surface area contributed by atoms with Crippen molar-refractivity contribution in [3.05, 3.63) is 31.2 Å². The zero-order chi connectivity index (χ0) is 13.7. The molecule has 1 aromatic carbocycles. The van der Waals surface area contributed by atoms with Crippen LogP contribution in [-0.2, 0) is 0 Å². The molecule has 0 spiro atoms. The first kappa shape index (κ1) is 14.1. The SMILES string of the molecule is N#CC(C#N)=NNc1c(Br)cc([N+](=O)[O-])cc1Br. The fraction of sp³-hybridized carbons (Fsp3) is 0. The minimum Gasteiger partial charge on any atom is -0.274 e. The molecule has 0 saturated carbocycles. The highest BCUT2D eigenvalue weighted by Crippen LogP contribution is 2.35. The summed E-state index contributed by atoms with van der Waals surface area (Å²) in [6.45, 7) is 0. The molecule has 1 N–H and O–H groups in total. The van der Waals surface area contributed by atoms with E-state index < -0.39 is 4.92 Å². The zero-order valence-corrected chi connectivity index (χ0v) is 11.7. The number of halogens is 2. The van der Waals surface area contributed by atoms with Gasteiger partial charge in [0.1, 0.15) is 12.1 Å². The lowest BCUT2D eigenvalue weighted by Gasteiger charge is -2.05. The Hall–Kier alpha value is -1.97. The summed E-state index contributed by atoms with van der Waals surface area (Å²) >= 11 is 6.26. The lowest BCUT2D eigenvalue weighted by Crippen LogP contribution is -1.98. The third-order valence-corrected chi connectivity index (χ3v) is 2.98. The number of non-ortho nitro benzene ring substituents is 1. The fourth-order valence-corrected chi connectivity index (χ4v) is 2.30. The van der Waals surface area contributed by atoms with Crippen molar-refractivity contribution in [3.63, 3.8) is 0 Å². The van der Waals surface area contributed by atoms with Gasteiger partial charge in [0, 0.05) is 12.1 Å². The van der Waals surface area contributed by atoms with Crippen LogP contribution in [0.4, 0.5) is 11.4 Å². The van der Waals surface area contributed by atoms with Crippen LogP contribution in [0.15, 0.2) is 26.2 Å². The predicted molar refractivity (Wildman–Crippen MR) is 70.8 cm³/mol. The van der Waals surface area contributed by atoms with Crippen molar-refractivity contribution in [1.82, 2.24) is 0 Å². The molecular weight excluding hydrogens is 370 g/mol. The second-order valence-electron chi connectivity index (χ2n) is 2.84.